The molecule has 0 spiro atoms. The Morgan fingerprint density at radius 3 is 1.54 bits per heavy atom. The van der Waals surface area contributed by atoms with Crippen LogP contribution < -0.4 is 0 Å². The van der Waals surface area contributed by atoms with Crippen LogP contribution in [0.1, 0.15) is 65.2 Å². The SMILES string of the molecule is CC(=O)N1CCC(CCCBr)CC1.CC(=O)N1CCC(CCCO)CC1. The fraction of sp³-hybridized carbons (Fsp3) is 0.900. The Balaban J connectivity index is 0.000000260. The Morgan fingerprint density at radius 2 is 1.23 bits per heavy atom. The molecule has 2 heterocycles. The quantitative estimate of drug-likeness (QED) is 0.653. The first-order valence-corrected chi connectivity index (χ1v) is 11.3. The van der Waals surface area contributed by atoms with Crippen molar-refractivity contribution in [3.63, 3.8) is 0 Å². The molecule has 0 aromatic heterocycles. The first-order chi connectivity index (χ1) is 12.5. The van der Waals surface area contributed by atoms with Crippen molar-refractivity contribution in [2.75, 3.05) is 38.1 Å². The molecule has 0 aromatic rings. The standard InChI is InChI=1S/C10H18BrNO.C10H19NO2/c1-9(13)12-7-4-10(5-8-12)3-2-6-11;1-9(13)11-6-4-10(5-7-11)3-2-8-12/h10H,2-8H2,1H3;10,12H,2-8H2,1H3. The van der Waals surface area contributed by atoms with Gasteiger partial charge in [0.25, 0.3) is 0 Å². The van der Waals surface area contributed by atoms with Gasteiger partial charge in [-0.3, -0.25) is 9.59 Å². The average molecular weight is 433 g/mol. The van der Waals surface area contributed by atoms with E-state index in [-0.39, 0.29) is 11.8 Å². The van der Waals surface area contributed by atoms with E-state index in [2.05, 4.69) is 15.9 Å². The maximum absolute atomic E-state index is 11.0. The van der Waals surface area contributed by atoms with E-state index in [1.54, 1.807) is 13.8 Å². The molecule has 0 unspecified atom stereocenters. The van der Waals surface area contributed by atoms with Gasteiger partial charge < -0.3 is 14.9 Å². The predicted octanol–water partition coefficient (Wildman–Crippen LogP) is 3.44. The number of hydrogen-bond acceptors (Lipinski definition) is 3. The van der Waals surface area contributed by atoms with Crippen molar-refractivity contribution in [3.8, 4) is 0 Å². The van der Waals surface area contributed by atoms with Crippen molar-refractivity contribution in [2.45, 2.75) is 65.2 Å². The lowest BCUT2D eigenvalue weighted by Gasteiger charge is -2.31. The molecular weight excluding hydrogens is 396 g/mol. The minimum Gasteiger partial charge on any atom is -0.396 e. The van der Waals surface area contributed by atoms with E-state index in [1.165, 1.54) is 25.7 Å². The second-order valence-corrected chi connectivity index (χ2v) is 8.39. The zero-order valence-corrected chi connectivity index (χ0v) is 18.2. The number of nitrogens with zero attached hydrogens (tertiary/aromatic N) is 2. The summed E-state index contributed by atoms with van der Waals surface area (Å²) in [5.41, 5.74) is 0. The van der Waals surface area contributed by atoms with Crippen LogP contribution in [0, 0.1) is 11.8 Å². The van der Waals surface area contributed by atoms with Crippen molar-refractivity contribution >= 4 is 27.7 Å². The molecule has 0 aliphatic carbocycles. The Kier molecular flexibility index (Phi) is 12.2. The van der Waals surface area contributed by atoms with E-state index < -0.39 is 0 Å². The summed E-state index contributed by atoms with van der Waals surface area (Å²) in [6.07, 6.45) is 9.23. The second-order valence-electron chi connectivity index (χ2n) is 7.60. The largest absolute Gasteiger partial charge is 0.396 e. The molecule has 2 amide bonds. The Hall–Kier alpha value is -0.620. The van der Waals surface area contributed by atoms with E-state index >= 15 is 0 Å². The Morgan fingerprint density at radius 1 is 0.846 bits per heavy atom. The van der Waals surface area contributed by atoms with Crippen LogP contribution in [0.5, 0.6) is 0 Å². The summed E-state index contributed by atoms with van der Waals surface area (Å²) in [6.45, 7) is 7.36. The van der Waals surface area contributed by atoms with Crippen LogP contribution in [-0.4, -0.2) is 64.8 Å². The zero-order valence-electron chi connectivity index (χ0n) is 16.6. The molecule has 5 nitrogen and oxygen atoms in total. The van der Waals surface area contributed by atoms with Crippen LogP contribution in [0.3, 0.4) is 0 Å². The molecule has 2 aliphatic rings. The lowest BCUT2D eigenvalue weighted by molar-refractivity contribution is -0.131. The monoisotopic (exact) mass is 432 g/mol. The maximum atomic E-state index is 11.0. The van der Waals surface area contributed by atoms with E-state index in [1.807, 2.05) is 9.80 Å². The molecule has 1 N–H and O–H groups in total. The Bertz CT molecular complexity index is 366. The van der Waals surface area contributed by atoms with Crippen LogP contribution in [0.4, 0.5) is 0 Å². The van der Waals surface area contributed by atoms with Crippen molar-refractivity contribution in [3.05, 3.63) is 0 Å². The van der Waals surface area contributed by atoms with Crippen LogP contribution in [0.25, 0.3) is 0 Å². The molecule has 2 rings (SSSR count). The van der Waals surface area contributed by atoms with Gasteiger partial charge in [-0.1, -0.05) is 15.9 Å². The highest BCUT2D eigenvalue weighted by atomic mass is 79.9. The summed E-state index contributed by atoms with van der Waals surface area (Å²) in [6, 6.07) is 0. The molecule has 0 saturated carbocycles. The minimum absolute atomic E-state index is 0.195. The number of likely N-dealkylation sites (tertiary alicyclic amines) is 2. The summed E-state index contributed by atoms with van der Waals surface area (Å²) in [4.78, 5) is 25.9. The molecule has 0 bridgehead atoms. The van der Waals surface area contributed by atoms with Crippen molar-refractivity contribution < 1.29 is 14.7 Å². The smallest absolute Gasteiger partial charge is 0.219 e. The van der Waals surface area contributed by atoms with E-state index in [0.717, 1.165) is 69.0 Å². The number of aliphatic hydroxyl groups is 1. The highest BCUT2D eigenvalue weighted by Crippen LogP contribution is 2.22. The third kappa shape index (κ3) is 9.36. The molecule has 2 saturated heterocycles. The highest BCUT2D eigenvalue weighted by Gasteiger charge is 2.20. The first-order valence-electron chi connectivity index (χ1n) is 10.2. The number of alkyl halides is 1. The summed E-state index contributed by atoms with van der Waals surface area (Å²) in [5.74, 6) is 2.01. The third-order valence-electron chi connectivity index (χ3n) is 5.64. The van der Waals surface area contributed by atoms with Crippen LogP contribution in [0.15, 0.2) is 0 Å². The van der Waals surface area contributed by atoms with Gasteiger partial charge in [-0.25, -0.2) is 0 Å². The molecule has 152 valence electrons. The highest BCUT2D eigenvalue weighted by molar-refractivity contribution is 9.09. The first kappa shape index (κ1) is 23.4. The Labute approximate surface area is 167 Å². The van der Waals surface area contributed by atoms with Gasteiger partial charge in [0.1, 0.15) is 0 Å². The van der Waals surface area contributed by atoms with Gasteiger partial charge in [0.05, 0.1) is 0 Å². The van der Waals surface area contributed by atoms with E-state index in [4.69, 9.17) is 5.11 Å². The number of rotatable bonds is 6. The predicted molar refractivity (Wildman–Crippen MR) is 109 cm³/mol. The number of carbonyl (C=O) groups is 2. The fourth-order valence-electron chi connectivity index (χ4n) is 3.82. The minimum atomic E-state index is 0.195. The normalized spacial score (nSPS) is 19.1. The summed E-state index contributed by atoms with van der Waals surface area (Å²) in [7, 11) is 0. The molecule has 0 atom stereocenters. The zero-order chi connectivity index (χ0) is 19.4. The van der Waals surface area contributed by atoms with Gasteiger partial charge in [-0.05, 0) is 63.2 Å². The molecule has 2 aliphatic heterocycles. The number of amides is 2. The van der Waals surface area contributed by atoms with E-state index in [0.29, 0.717) is 6.61 Å². The molecule has 0 aromatic carbocycles. The maximum Gasteiger partial charge on any atom is 0.219 e. The van der Waals surface area contributed by atoms with Gasteiger partial charge in [0, 0.05) is 52.0 Å². The van der Waals surface area contributed by atoms with Gasteiger partial charge in [0.15, 0.2) is 0 Å². The fourth-order valence-corrected chi connectivity index (χ4v) is 4.14. The number of halogens is 1. The van der Waals surface area contributed by atoms with Gasteiger partial charge in [0.2, 0.25) is 11.8 Å². The molecule has 6 heteroatoms. The van der Waals surface area contributed by atoms with Gasteiger partial charge in [-0.15, -0.1) is 0 Å². The topological polar surface area (TPSA) is 60.9 Å². The number of piperidine rings is 2. The number of hydrogen-bond donors (Lipinski definition) is 1. The van der Waals surface area contributed by atoms with Crippen molar-refractivity contribution in [1.82, 2.24) is 9.80 Å². The summed E-state index contributed by atoms with van der Waals surface area (Å²) >= 11 is 3.45. The van der Waals surface area contributed by atoms with Gasteiger partial charge >= 0.3 is 0 Å². The van der Waals surface area contributed by atoms with Crippen LogP contribution in [0.2, 0.25) is 0 Å². The third-order valence-corrected chi connectivity index (χ3v) is 6.20. The van der Waals surface area contributed by atoms with Crippen molar-refractivity contribution in [1.29, 1.82) is 0 Å². The van der Waals surface area contributed by atoms with Crippen LogP contribution >= 0.6 is 15.9 Å². The molecule has 0 radical (unpaired) electrons. The molecular formula is C20H37BrN2O3. The number of carbonyl (C=O) groups excluding carboxylic acids is 2. The van der Waals surface area contributed by atoms with Crippen molar-refractivity contribution in [2.24, 2.45) is 11.8 Å². The molecule has 26 heavy (non-hydrogen) atoms. The summed E-state index contributed by atoms with van der Waals surface area (Å²) in [5, 5.41) is 9.78. The lowest BCUT2D eigenvalue weighted by Crippen LogP contribution is -2.36. The average Bonchev–Trinajstić information content (AvgIpc) is 2.66. The lowest BCUT2D eigenvalue weighted by atomic mass is 9.92. The van der Waals surface area contributed by atoms with E-state index in [9.17, 15) is 9.59 Å². The van der Waals surface area contributed by atoms with Gasteiger partial charge in [-0.2, -0.15) is 0 Å². The molecule has 2 fully saturated rings. The summed E-state index contributed by atoms with van der Waals surface area (Å²) < 4.78 is 0. The van der Waals surface area contributed by atoms with Crippen LogP contribution in [-0.2, 0) is 9.59 Å². The second kappa shape index (κ2) is 13.5. The number of aliphatic hydroxyl groups excluding tert-OH is 1.